The van der Waals surface area contributed by atoms with Gasteiger partial charge in [0.25, 0.3) is 0 Å². The van der Waals surface area contributed by atoms with Crippen LogP contribution >= 0.6 is 0 Å². The second-order valence-electron chi connectivity index (χ2n) is 5.37. The third kappa shape index (κ3) is 3.21. The van der Waals surface area contributed by atoms with Crippen molar-refractivity contribution in [1.29, 1.82) is 0 Å². The van der Waals surface area contributed by atoms with Crippen molar-refractivity contribution in [3.05, 3.63) is 23.5 Å². The molecular formula is C15H20FNO3. The second-order valence-corrected chi connectivity index (χ2v) is 5.37. The molecule has 2 unspecified atom stereocenters. The maximum Gasteiger partial charge on any atom is 0.340 e. The first-order chi connectivity index (χ1) is 9.51. The molecule has 2 atom stereocenters. The van der Waals surface area contributed by atoms with E-state index < -0.39 is 11.8 Å². The van der Waals surface area contributed by atoms with Crippen LogP contribution in [0.5, 0.6) is 5.75 Å². The van der Waals surface area contributed by atoms with E-state index in [-0.39, 0.29) is 23.1 Å². The second kappa shape index (κ2) is 6.11. The average molecular weight is 281 g/mol. The quantitative estimate of drug-likeness (QED) is 0.683. The lowest BCUT2D eigenvalue weighted by molar-refractivity contribution is 0.0600. The molecule has 0 aliphatic heterocycles. The molecular weight excluding hydrogens is 261 g/mol. The van der Waals surface area contributed by atoms with Crippen molar-refractivity contribution in [2.24, 2.45) is 5.92 Å². The van der Waals surface area contributed by atoms with Crippen LogP contribution in [0.2, 0.25) is 0 Å². The number of methoxy groups -OCH3 is 1. The monoisotopic (exact) mass is 281 g/mol. The molecule has 0 radical (unpaired) electrons. The van der Waals surface area contributed by atoms with Crippen LogP contribution in [-0.2, 0) is 4.74 Å². The summed E-state index contributed by atoms with van der Waals surface area (Å²) in [5, 5.41) is 0. The number of carbonyl (C=O) groups is 1. The predicted molar refractivity (Wildman–Crippen MR) is 74.2 cm³/mol. The molecule has 1 aliphatic rings. The van der Waals surface area contributed by atoms with Crippen LogP contribution in [0.4, 0.5) is 10.1 Å². The lowest BCUT2D eigenvalue weighted by atomic mass is 9.89. The molecule has 0 heterocycles. The van der Waals surface area contributed by atoms with Crippen molar-refractivity contribution in [2.45, 2.75) is 38.7 Å². The number of hydrogen-bond donors (Lipinski definition) is 1. The van der Waals surface area contributed by atoms with Crippen LogP contribution < -0.4 is 10.5 Å². The number of halogens is 1. The molecule has 4 nitrogen and oxygen atoms in total. The van der Waals surface area contributed by atoms with Gasteiger partial charge in [-0.25, -0.2) is 9.18 Å². The van der Waals surface area contributed by atoms with E-state index in [1.54, 1.807) is 0 Å². The predicted octanol–water partition coefficient (Wildman–Crippen LogP) is 3.15. The van der Waals surface area contributed by atoms with Crippen molar-refractivity contribution in [3.8, 4) is 5.75 Å². The third-order valence-corrected chi connectivity index (χ3v) is 3.69. The minimum Gasteiger partial charge on any atom is -0.487 e. The molecule has 0 spiro atoms. The minimum absolute atomic E-state index is 0.0117. The number of hydrogen-bond acceptors (Lipinski definition) is 4. The maximum atomic E-state index is 13.9. The summed E-state index contributed by atoms with van der Waals surface area (Å²) in [6.07, 6.45) is 4.05. The zero-order valence-electron chi connectivity index (χ0n) is 11.8. The smallest absolute Gasteiger partial charge is 0.340 e. The molecule has 0 aromatic heterocycles. The molecule has 2 N–H and O–H groups in total. The van der Waals surface area contributed by atoms with Gasteiger partial charge in [0, 0.05) is 11.8 Å². The molecule has 1 saturated carbocycles. The van der Waals surface area contributed by atoms with Crippen LogP contribution in [-0.4, -0.2) is 19.2 Å². The van der Waals surface area contributed by atoms with Gasteiger partial charge < -0.3 is 15.2 Å². The zero-order chi connectivity index (χ0) is 14.7. The number of benzene rings is 1. The van der Waals surface area contributed by atoms with Gasteiger partial charge in [0.05, 0.1) is 18.8 Å². The highest BCUT2D eigenvalue weighted by Gasteiger charge is 2.23. The number of nitrogen functional groups attached to an aromatic ring is 1. The van der Waals surface area contributed by atoms with E-state index in [0.717, 1.165) is 25.3 Å². The molecule has 1 aliphatic carbocycles. The fourth-order valence-corrected chi connectivity index (χ4v) is 2.61. The van der Waals surface area contributed by atoms with Crippen LogP contribution in [0, 0.1) is 11.7 Å². The zero-order valence-corrected chi connectivity index (χ0v) is 11.8. The van der Waals surface area contributed by atoms with E-state index in [9.17, 15) is 9.18 Å². The van der Waals surface area contributed by atoms with Crippen molar-refractivity contribution in [2.75, 3.05) is 12.8 Å². The Bertz CT molecular complexity index is 504. The normalized spacial score (nSPS) is 22.4. The van der Waals surface area contributed by atoms with Crippen LogP contribution in [0.15, 0.2) is 12.1 Å². The van der Waals surface area contributed by atoms with E-state index in [0.29, 0.717) is 5.92 Å². The lowest BCUT2D eigenvalue weighted by Gasteiger charge is -2.27. The first-order valence-electron chi connectivity index (χ1n) is 6.85. The number of rotatable bonds is 3. The molecule has 5 heteroatoms. The highest BCUT2D eigenvalue weighted by Crippen LogP contribution is 2.30. The summed E-state index contributed by atoms with van der Waals surface area (Å²) in [6.45, 7) is 2.16. The molecule has 20 heavy (non-hydrogen) atoms. The molecule has 0 bridgehead atoms. The molecule has 0 amide bonds. The first kappa shape index (κ1) is 14.6. The van der Waals surface area contributed by atoms with Gasteiger partial charge in [0.2, 0.25) is 0 Å². The van der Waals surface area contributed by atoms with Gasteiger partial charge in [-0.05, 0) is 31.2 Å². The molecule has 1 aromatic rings. The van der Waals surface area contributed by atoms with E-state index in [2.05, 4.69) is 11.7 Å². The summed E-state index contributed by atoms with van der Waals surface area (Å²) in [7, 11) is 1.26. The third-order valence-electron chi connectivity index (χ3n) is 3.69. The molecule has 1 aromatic carbocycles. The Morgan fingerprint density at radius 1 is 1.40 bits per heavy atom. The molecule has 0 saturated heterocycles. The maximum absolute atomic E-state index is 13.9. The van der Waals surface area contributed by atoms with E-state index in [4.69, 9.17) is 10.5 Å². The Morgan fingerprint density at radius 3 is 2.80 bits per heavy atom. The number of carbonyl (C=O) groups excluding carboxylic acids is 1. The fraction of sp³-hybridized carbons (Fsp3) is 0.533. The topological polar surface area (TPSA) is 61.5 Å². The van der Waals surface area contributed by atoms with Crippen LogP contribution in [0.3, 0.4) is 0 Å². The van der Waals surface area contributed by atoms with Gasteiger partial charge in [0.15, 0.2) is 11.6 Å². The Morgan fingerprint density at radius 2 is 2.15 bits per heavy atom. The largest absolute Gasteiger partial charge is 0.487 e. The van der Waals surface area contributed by atoms with Gasteiger partial charge in [0.1, 0.15) is 0 Å². The van der Waals surface area contributed by atoms with Crippen molar-refractivity contribution < 1.29 is 18.7 Å². The SMILES string of the molecule is COC(=O)c1cc(OC2CCCC(C)C2)c(F)cc1N. The Balaban J connectivity index is 2.20. The summed E-state index contributed by atoms with van der Waals surface area (Å²) in [5.41, 5.74) is 5.81. The Labute approximate surface area is 118 Å². The first-order valence-corrected chi connectivity index (χ1v) is 6.85. The van der Waals surface area contributed by atoms with Gasteiger partial charge in [-0.15, -0.1) is 0 Å². The minimum atomic E-state index is -0.593. The highest BCUT2D eigenvalue weighted by molar-refractivity contribution is 5.95. The van der Waals surface area contributed by atoms with Gasteiger partial charge in [-0.1, -0.05) is 13.3 Å². The summed E-state index contributed by atoms with van der Waals surface area (Å²) >= 11 is 0. The Kier molecular flexibility index (Phi) is 4.47. The molecule has 110 valence electrons. The summed E-state index contributed by atoms with van der Waals surface area (Å²) in [4.78, 5) is 11.6. The van der Waals surface area contributed by atoms with Gasteiger partial charge in [-0.3, -0.25) is 0 Å². The van der Waals surface area contributed by atoms with E-state index in [1.807, 2.05) is 0 Å². The van der Waals surface area contributed by atoms with Gasteiger partial charge in [-0.2, -0.15) is 0 Å². The van der Waals surface area contributed by atoms with Gasteiger partial charge >= 0.3 is 5.97 Å². The lowest BCUT2D eigenvalue weighted by Crippen LogP contribution is -2.24. The van der Waals surface area contributed by atoms with Crippen molar-refractivity contribution in [1.82, 2.24) is 0 Å². The number of anilines is 1. The summed E-state index contributed by atoms with van der Waals surface area (Å²) < 4.78 is 24.2. The number of nitrogens with two attached hydrogens (primary N) is 1. The Hall–Kier alpha value is -1.78. The van der Waals surface area contributed by atoms with Crippen LogP contribution in [0.25, 0.3) is 0 Å². The summed E-state index contributed by atoms with van der Waals surface area (Å²) in [6, 6.07) is 2.43. The standard InChI is InChI=1S/C15H20FNO3/c1-9-4-3-5-10(6-9)20-14-7-11(15(18)19-2)13(17)8-12(14)16/h7-10H,3-6,17H2,1-2H3. The number of esters is 1. The van der Waals surface area contributed by atoms with E-state index >= 15 is 0 Å². The highest BCUT2D eigenvalue weighted by atomic mass is 19.1. The van der Waals surface area contributed by atoms with E-state index in [1.165, 1.54) is 19.6 Å². The van der Waals surface area contributed by atoms with Crippen molar-refractivity contribution in [3.63, 3.8) is 0 Å². The average Bonchev–Trinajstić information content (AvgIpc) is 2.41. The van der Waals surface area contributed by atoms with Crippen LogP contribution in [0.1, 0.15) is 43.0 Å². The number of ether oxygens (including phenoxy) is 2. The molecule has 2 rings (SSSR count). The fourth-order valence-electron chi connectivity index (χ4n) is 2.61. The molecule has 1 fully saturated rings. The summed E-state index contributed by atoms with van der Waals surface area (Å²) in [5.74, 6) is -0.498. The van der Waals surface area contributed by atoms with Crippen molar-refractivity contribution >= 4 is 11.7 Å².